The van der Waals surface area contributed by atoms with E-state index in [1.807, 2.05) is 0 Å². The highest BCUT2D eigenvalue weighted by Gasteiger charge is 2.15. The van der Waals surface area contributed by atoms with Crippen LogP contribution < -0.4 is 16.0 Å². The predicted octanol–water partition coefficient (Wildman–Crippen LogP) is 0.214. The van der Waals surface area contributed by atoms with E-state index in [1.165, 1.54) is 22.4 Å². The molecule has 1 aliphatic heterocycles. The second kappa shape index (κ2) is 7.08. The van der Waals surface area contributed by atoms with Crippen molar-refractivity contribution >= 4 is 17.5 Å². The molecule has 0 saturated carbocycles. The Morgan fingerprint density at radius 3 is 3.04 bits per heavy atom. The minimum absolute atomic E-state index is 0.0470. The topological polar surface area (TPSA) is 102 Å². The molecule has 3 rings (SSSR count). The van der Waals surface area contributed by atoms with Crippen molar-refractivity contribution in [3.8, 4) is 0 Å². The summed E-state index contributed by atoms with van der Waals surface area (Å²) in [5.41, 5.74) is 8.27. The van der Waals surface area contributed by atoms with Crippen molar-refractivity contribution in [2.24, 2.45) is 0 Å². The van der Waals surface area contributed by atoms with E-state index in [2.05, 4.69) is 50.0 Å². The number of carbonyl (C=O) groups excluding carboxylic acids is 1. The van der Waals surface area contributed by atoms with Crippen LogP contribution in [-0.2, 0) is 17.8 Å². The summed E-state index contributed by atoms with van der Waals surface area (Å²) in [5.74, 6) is 0.00752. The molecular formula is C15H21N7O. The van der Waals surface area contributed by atoms with Gasteiger partial charge in [-0.05, 0) is 41.3 Å². The van der Waals surface area contributed by atoms with Crippen LogP contribution in [0, 0.1) is 0 Å². The van der Waals surface area contributed by atoms with Gasteiger partial charge in [-0.25, -0.2) is 4.68 Å². The van der Waals surface area contributed by atoms with Crippen molar-refractivity contribution in [1.29, 1.82) is 0 Å². The molecule has 0 atom stereocenters. The summed E-state index contributed by atoms with van der Waals surface area (Å²) in [6, 6.07) is 8.54. The number of aromatic nitrogens is 4. The average Bonchev–Trinajstić information content (AvgIpc) is 2.96. The summed E-state index contributed by atoms with van der Waals surface area (Å²) in [6.45, 7) is 2.68. The molecule has 0 saturated heterocycles. The first-order valence-corrected chi connectivity index (χ1v) is 7.85. The number of anilines is 2. The van der Waals surface area contributed by atoms with Gasteiger partial charge in [-0.3, -0.25) is 4.79 Å². The summed E-state index contributed by atoms with van der Waals surface area (Å²) in [5, 5.41) is 13.5. The molecule has 0 radical (unpaired) electrons. The molecule has 3 N–H and O–H groups in total. The zero-order valence-electron chi connectivity index (χ0n) is 13.0. The lowest BCUT2D eigenvalue weighted by Crippen LogP contribution is -2.34. The van der Waals surface area contributed by atoms with Crippen LogP contribution in [0.2, 0.25) is 0 Å². The molecule has 1 aromatic heterocycles. The summed E-state index contributed by atoms with van der Waals surface area (Å²) in [7, 11) is 0. The molecule has 0 fully saturated rings. The Balaban J connectivity index is 1.42. The van der Waals surface area contributed by atoms with E-state index in [1.54, 1.807) is 0 Å². The summed E-state index contributed by atoms with van der Waals surface area (Å²) in [6.07, 6.45) is 3.23. The molecule has 122 valence electrons. The number of nitrogens with two attached hydrogens (primary N) is 1. The number of hydrogen-bond acceptors (Lipinski definition) is 6. The molecule has 1 aliphatic rings. The van der Waals surface area contributed by atoms with Crippen LogP contribution >= 0.6 is 0 Å². The third-order valence-electron chi connectivity index (χ3n) is 3.99. The van der Waals surface area contributed by atoms with Crippen molar-refractivity contribution in [3.63, 3.8) is 0 Å². The molecule has 0 bridgehead atoms. The van der Waals surface area contributed by atoms with Gasteiger partial charge in [0.2, 0.25) is 11.9 Å². The van der Waals surface area contributed by atoms with E-state index in [0.717, 1.165) is 25.9 Å². The Morgan fingerprint density at radius 2 is 2.22 bits per heavy atom. The van der Waals surface area contributed by atoms with Gasteiger partial charge in [0, 0.05) is 25.3 Å². The Bertz CT molecular complexity index is 669. The Kier molecular flexibility index (Phi) is 4.70. The highest BCUT2D eigenvalue weighted by Crippen LogP contribution is 2.26. The molecule has 0 unspecified atom stereocenters. The molecule has 0 spiro atoms. The van der Waals surface area contributed by atoms with Crippen molar-refractivity contribution in [3.05, 3.63) is 29.8 Å². The van der Waals surface area contributed by atoms with Crippen molar-refractivity contribution in [1.82, 2.24) is 25.5 Å². The van der Waals surface area contributed by atoms with Crippen LogP contribution in [-0.4, -0.2) is 45.7 Å². The van der Waals surface area contributed by atoms with Crippen molar-refractivity contribution in [2.45, 2.75) is 25.8 Å². The molecule has 2 aromatic rings. The van der Waals surface area contributed by atoms with Crippen molar-refractivity contribution < 1.29 is 4.79 Å². The minimum Gasteiger partial charge on any atom is -0.371 e. The van der Waals surface area contributed by atoms with Gasteiger partial charge < -0.3 is 16.0 Å². The maximum absolute atomic E-state index is 11.8. The maximum atomic E-state index is 11.8. The number of amides is 1. The number of aryl methyl sites for hydroxylation is 1. The Hall–Kier alpha value is -2.64. The van der Waals surface area contributed by atoms with Gasteiger partial charge in [-0.15, -0.1) is 0 Å². The van der Waals surface area contributed by atoms with E-state index < -0.39 is 0 Å². The van der Waals surface area contributed by atoms with Crippen LogP contribution in [0.3, 0.4) is 0 Å². The van der Waals surface area contributed by atoms with E-state index in [0.29, 0.717) is 6.54 Å². The molecular weight excluding hydrogens is 294 g/mol. The Labute approximate surface area is 134 Å². The molecule has 1 aromatic carbocycles. The molecule has 1 amide bonds. The lowest BCUT2D eigenvalue weighted by atomic mass is 10.0. The molecule has 8 heteroatoms. The quantitative estimate of drug-likeness (QED) is 0.739. The van der Waals surface area contributed by atoms with Crippen LogP contribution in [0.15, 0.2) is 24.3 Å². The molecule has 8 nitrogen and oxygen atoms in total. The van der Waals surface area contributed by atoms with Gasteiger partial charge in [-0.1, -0.05) is 23.3 Å². The number of nitrogens with one attached hydrogen (secondary N) is 1. The molecule has 0 aliphatic carbocycles. The third-order valence-corrected chi connectivity index (χ3v) is 3.99. The first-order chi connectivity index (χ1) is 11.2. The largest absolute Gasteiger partial charge is 0.371 e. The smallest absolute Gasteiger partial charge is 0.241 e. The summed E-state index contributed by atoms with van der Waals surface area (Å²) >= 11 is 0. The number of carbonyl (C=O) groups is 1. The third kappa shape index (κ3) is 3.77. The fraction of sp³-hybridized carbons (Fsp3) is 0.467. The van der Waals surface area contributed by atoms with Gasteiger partial charge in [0.05, 0.1) is 0 Å². The zero-order valence-corrected chi connectivity index (χ0v) is 13.0. The SMILES string of the molecule is Nc1nnnn1CC(=O)NCCCN1CCCc2ccccc21. The highest BCUT2D eigenvalue weighted by atomic mass is 16.2. The fourth-order valence-electron chi connectivity index (χ4n) is 2.86. The number of nitrogen functional groups attached to an aromatic ring is 1. The van der Waals surface area contributed by atoms with Gasteiger partial charge in [0.25, 0.3) is 0 Å². The van der Waals surface area contributed by atoms with E-state index in [4.69, 9.17) is 5.73 Å². The van der Waals surface area contributed by atoms with Crippen LogP contribution in [0.1, 0.15) is 18.4 Å². The standard InChI is InChI=1S/C15H21N7O/c16-15-18-19-20-22(15)11-14(23)17-8-4-10-21-9-3-6-12-5-1-2-7-13(12)21/h1-2,5,7H,3-4,6,8-11H2,(H,17,23)(H2,16,18,20). The summed E-state index contributed by atoms with van der Waals surface area (Å²) in [4.78, 5) is 14.2. The number of fused-ring (bicyclic) bond motifs is 1. The second-order valence-electron chi connectivity index (χ2n) is 5.62. The number of para-hydroxylation sites is 1. The first-order valence-electron chi connectivity index (χ1n) is 7.85. The lowest BCUT2D eigenvalue weighted by molar-refractivity contribution is -0.121. The van der Waals surface area contributed by atoms with Crippen LogP contribution in [0.5, 0.6) is 0 Å². The van der Waals surface area contributed by atoms with Gasteiger partial charge in [-0.2, -0.15) is 0 Å². The van der Waals surface area contributed by atoms with Gasteiger partial charge >= 0.3 is 0 Å². The lowest BCUT2D eigenvalue weighted by Gasteiger charge is -2.31. The monoisotopic (exact) mass is 315 g/mol. The van der Waals surface area contributed by atoms with Crippen LogP contribution in [0.25, 0.3) is 0 Å². The van der Waals surface area contributed by atoms with E-state index >= 15 is 0 Å². The first kappa shape index (κ1) is 15.3. The highest BCUT2D eigenvalue weighted by molar-refractivity contribution is 5.75. The Morgan fingerprint density at radius 1 is 1.35 bits per heavy atom. The summed E-state index contributed by atoms with van der Waals surface area (Å²) < 4.78 is 1.27. The normalized spacial score (nSPS) is 13.7. The number of nitrogens with zero attached hydrogens (tertiary/aromatic N) is 5. The molecule has 2 heterocycles. The number of tetrazole rings is 1. The number of benzene rings is 1. The van der Waals surface area contributed by atoms with E-state index in [9.17, 15) is 4.79 Å². The zero-order chi connectivity index (χ0) is 16.1. The number of rotatable bonds is 6. The minimum atomic E-state index is -0.136. The van der Waals surface area contributed by atoms with Crippen molar-refractivity contribution in [2.75, 3.05) is 30.3 Å². The van der Waals surface area contributed by atoms with Gasteiger partial charge in [0.15, 0.2) is 0 Å². The predicted molar refractivity (Wildman–Crippen MR) is 86.8 cm³/mol. The van der Waals surface area contributed by atoms with Gasteiger partial charge in [0.1, 0.15) is 6.54 Å². The van der Waals surface area contributed by atoms with Crippen LogP contribution in [0.4, 0.5) is 11.6 Å². The number of hydrogen-bond donors (Lipinski definition) is 2. The fourth-order valence-corrected chi connectivity index (χ4v) is 2.86. The average molecular weight is 315 g/mol. The van der Waals surface area contributed by atoms with E-state index in [-0.39, 0.29) is 18.4 Å². The second-order valence-corrected chi connectivity index (χ2v) is 5.62. The molecule has 23 heavy (non-hydrogen) atoms. The maximum Gasteiger partial charge on any atom is 0.241 e.